The third-order valence-corrected chi connectivity index (χ3v) is 2.76. The predicted octanol–water partition coefficient (Wildman–Crippen LogP) is 4.57. The van der Waals surface area contributed by atoms with Crippen molar-refractivity contribution in [1.82, 2.24) is 0 Å². The predicted molar refractivity (Wildman–Crippen MR) is 60.3 cm³/mol. The minimum Gasteiger partial charge on any atom is -0.406 e. The molecule has 1 aromatic carbocycles. The van der Waals surface area contributed by atoms with E-state index in [-0.39, 0.29) is 5.75 Å². The van der Waals surface area contributed by atoms with E-state index < -0.39 is 6.36 Å². The van der Waals surface area contributed by atoms with E-state index >= 15 is 0 Å². The third kappa shape index (κ3) is 4.61. The van der Waals surface area contributed by atoms with E-state index in [4.69, 9.17) is 11.6 Å². The smallest absolute Gasteiger partial charge is 0.406 e. The molecule has 1 nitrogen and oxygen atoms in total. The van der Waals surface area contributed by atoms with Crippen molar-refractivity contribution in [2.24, 2.45) is 0 Å². The quantitative estimate of drug-likeness (QED) is 0.739. The molecule has 0 aliphatic heterocycles. The van der Waals surface area contributed by atoms with Gasteiger partial charge in [-0.1, -0.05) is 27.5 Å². The van der Waals surface area contributed by atoms with E-state index in [0.717, 1.165) is 11.8 Å². The van der Waals surface area contributed by atoms with Gasteiger partial charge < -0.3 is 4.74 Å². The molecule has 0 saturated carbocycles. The first kappa shape index (κ1) is 13.6. The second-order valence-corrected chi connectivity index (χ2v) is 4.29. The van der Waals surface area contributed by atoms with Gasteiger partial charge in [-0.05, 0) is 36.6 Å². The fraction of sp³-hybridized carbons (Fsp3) is 0.400. The molecule has 0 bridgehead atoms. The zero-order valence-electron chi connectivity index (χ0n) is 8.15. The molecular formula is C10H9BrClF3O. The first-order valence-corrected chi connectivity index (χ1v) is 6.02. The van der Waals surface area contributed by atoms with E-state index in [2.05, 4.69) is 20.7 Å². The summed E-state index contributed by atoms with van der Waals surface area (Å²) in [7, 11) is 0. The van der Waals surface area contributed by atoms with E-state index in [1.165, 1.54) is 18.2 Å². The van der Waals surface area contributed by atoms with Crippen LogP contribution in [0.3, 0.4) is 0 Å². The number of aryl methyl sites for hydroxylation is 1. The second-order valence-electron chi connectivity index (χ2n) is 3.09. The van der Waals surface area contributed by atoms with Crippen LogP contribution in [0.5, 0.6) is 5.75 Å². The number of hydrogen-bond donors (Lipinski definition) is 0. The van der Waals surface area contributed by atoms with Crippen molar-refractivity contribution in [3.8, 4) is 5.75 Å². The molecular weight excluding hydrogens is 308 g/mol. The Hall–Kier alpha value is -0.420. The van der Waals surface area contributed by atoms with Gasteiger partial charge in [-0.25, -0.2) is 0 Å². The molecule has 0 radical (unpaired) electrons. The summed E-state index contributed by atoms with van der Waals surface area (Å²) in [6.07, 6.45) is -3.26. The average Bonchev–Trinajstić information content (AvgIpc) is 2.17. The highest BCUT2D eigenvalue weighted by atomic mass is 79.9. The second kappa shape index (κ2) is 5.77. The van der Waals surface area contributed by atoms with Gasteiger partial charge in [0, 0.05) is 10.4 Å². The normalized spacial score (nSPS) is 11.6. The van der Waals surface area contributed by atoms with Gasteiger partial charge >= 0.3 is 6.36 Å². The number of alkyl halides is 4. The standard InChI is InChI=1S/C10H9BrClF3O/c11-5-1-2-7-6-8(3-4-9(7)12)16-10(13,14)15/h3-4,6H,1-2,5H2. The molecule has 0 amide bonds. The Morgan fingerprint density at radius 3 is 2.56 bits per heavy atom. The van der Waals surface area contributed by atoms with Crippen LogP contribution < -0.4 is 4.74 Å². The summed E-state index contributed by atoms with van der Waals surface area (Å²) in [5.74, 6) is -0.235. The van der Waals surface area contributed by atoms with Crippen LogP contribution in [0.25, 0.3) is 0 Å². The fourth-order valence-corrected chi connectivity index (χ4v) is 1.69. The van der Waals surface area contributed by atoms with Gasteiger partial charge in [0.15, 0.2) is 0 Å². The van der Waals surface area contributed by atoms with Crippen molar-refractivity contribution < 1.29 is 17.9 Å². The van der Waals surface area contributed by atoms with Crippen LogP contribution in [0.15, 0.2) is 18.2 Å². The molecule has 0 heterocycles. The summed E-state index contributed by atoms with van der Waals surface area (Å²) in [4.78, 5) is 0. The zero-order valence-corrected chi connectivity index (χ0v) is 10.5. The molecule has 16 heavy (non-hydrogen) atoms. The molecule has 6 heteroatoms. The van der Waals surface area contributed by atoms with Gasteiger partial charge in [0.2, 0.25) is 0 Å². The maximum Gasteiger partial charge on any atom is 0.573 e. The van der Waals surface area contributed by atoms with Crippen LogP contribution in [0.1, 0.15) is 12.0 Å². The summed E-state index contributed by atoms with van der Waals surface area (Å²) in [5.41, 5.74) is 0.655. The minimum atomic E-state index is -4.67. The van der Waals surface area contributed by atoms with Crippen LogP contribution >= 0.6 is 27.5 Å². The lowest BCUT2D eigenvalue weighted by Gasteiger charge is -2.11. The topological polar surface area (TPSA) is 9.23 Å². The van der Waals surface area contributed by atoms with Crippen LogP contribution in [0, 0.1) is 0 Å². The van der Waals surface area contributed by atoms with Crippen molar-refractivity contribution in [3.05, 3.63) is 28.8 Å². The summed E-state index contributed by atoms with van der Waals surface area (Å²) < 4.78 is 39.7. The Bertz CT molecular complexity index is 354. The first-order valence-electron chi connectivity index (χ1n) is 4.52. The summed E-state index contributed by atoms with van der Waals surface area (Å²) >= 11 is 9.10. The zero-order chi connectivity index (χ0) is 12.2. The van der Waals surface area contributed by atoms with E-state index in [0.29, 0.717) is 17.0 Å². The average molecular weight is 318 g/mol. The number of ether oxygens (including phenoxy) is 1. The van der Waals surface area contributed by atoms with Crippen LogP contribution in [-0.4, -0.2) is 11.7 Å². The van der Waals surface area contributed by atoms with Crippen molar-refractivity contribution in [2.75, 3.05) is 5.33 Å². The lowest BCUT2D eigenvalue weighted by atomic mass is 10.1. The SMILES string of the molecule is FC(F)(F)Oc1ccc(Cl)c(CCCBr)c1. The lowest BCUT2D eigenvalue weighted by molar-refractivity contribution is -0.274. The molecule has 0 spiro atoms. The van der Waals surface area contributed by atoms with Crippen LogP contribution in [0.2, 0.25) is 5.02 Å². The largest absolute Gasteiger partial charge is 0.573 e. The molecule has 1 aromatic rings. The van der Waals surface area contributed by atoms with Crippen molar-refractivity contribution in [2.45, 2.75) is 19.2 Å². The Morgan fingerprint density at radius 2 is 2.00 bits per heavy atom. The molecule has 0 unspecified atom stereocenters. The Labute approximate surface area is 105 Å². The maximum absolute atomic E-state index is 12.0. The highest BCUT2D eigenvalue weighted by Crippen LogP contribution is 2.27. The first-order chi connectivity index (χ1) is 7.42. The molecule has 0 saturated heterocycles. The van der Waals surface area contributed by atoms with Gasteiger partial charge in [0.1, 0.15) is 5.75 Å². The molecule has 0 fully saturated rings. The molecule has 1 rings (SSSR count). The van der Waals surface area contributed by atoms with Crippen molar-refractivity contribution >= 4 is 27.5 Å². The highest BCUT2D eigenvalue weighted by Gasteiger charge is 2.31. The Morgan fingerprint density at radius 1 is 1.31 bits per heavy atom. The number of rotatable bonds is 4. The van der Waals surface area contributed by atoms with Gasteiger partial charge in [-0.15, -0.1) is 13.2 Å². The van der Waals surface area contributed by atoms with Crippen LogP contribution in [0.4, 0.5) is 13.2 Å². The van der Waals surface area contributed by atoms with Crippen molar-refractivity contribution in [1.29, 1.82) is 0 Å². The van der Waals surface area contributed by atoms with E-state index in [1.54, 1.807) is 0 Å². The maximum atomic E-state index is 12.0. The highest BCUT2D eigenvalue weighted by molar-refractivity contribution is 9.09. The van der Waals surface area contributed by atoms with Gasteiger partial charge in [0.05, 0.1) is 0 Å². The number of benzene rings is 1. The molecule has 0 aliphatic carbocycles. The summed E-state index contributed by atoms with van der Waals surface area (Å²) in [5, 5.41) is 1.23. The summed E-state index contributed by atoms with van der Waals surface area (Å²) in [6.45, 7) is 0. The van der Waals surface area contributed by atoms with E-state index in [9.17, 15) is 13.2 Å². The molecule has 0 N–H and O–H groups in total. The molecule has 0 atom stereocenters. The Kier molecular flexibility index (Phi) is 4.92. The third-order valence-electron chi connectivity index (χ3n) is 1.83. The van der Waals surface area contributed by atoms with E-state index in [1.807, 2.05) is 0 Å². The Balaban J connectivity index is 2.81. The molecule has 0 aromatic heterocycles. The number of hydrogen-bond acceptors (Lipinski definition) is 1. The van der Waals surface area contributed by atoms with Crippen molar-refractivity contribution in [3.63, 3.8) is 0 Å². The van der Waals surface area contributed by atoms with Gasteiger partial charge in [-0.2, -0.15) is 0 Å². The van der Waals surface area contributed by atoms with Gasteiger partial charge in [-0.3, -0.25) is 0 Å². The lowest BCUT2D eigenvalue weighted by Crippen LogP contribution is -2.17. The molecule has 0 aliphatic rings. The minimum absolute atomic E-state index is 0.235. The summed E-state index contributed by atoms with van der Waals surface area (Å²) in [6, 6.07) is 3.93. The number of halogens is 5. The molecule has 90 valence electrons. The van der Waals surface area contributed by atoms with Gasteiger partial charge in [0.25, 0.3) is 0 Å². The monoisotopic (exact) mass is 316 g/mol. The fourth-order valence-electron chi connectivity index (χ4n) is 1.20. The van der Waals surface area contributed by atoms with Crippen LogP contribution in [-0.2, 0) is 6.42 Å².